The molecule has 0 aliphatic heterocycles. The first-order valence-corrected chi connectivity index (χ1v) is 26.4. The van der Waals surface area contributed by atoms with Gasteiger partial charge in [0.1, 0.15) is 0 Å². The second-order valence-electron chi connectivity index (χ2n) is 14.7. The molecule has 0 saturated heterocycles. The number of aromatic nitrogens is 3. The predicted molar refractivity (Wildman–Crippen MR) is 296 cm³/mol. The molecule has 382 valence electrons. The van der Waals surface area contributed by atoms with Gasteiger partial charge in [-0.05, 0) is 56.3 Å². The van der Waals surface area contributed by atoms with Crippen LogP contribution in [0.25, 0.3) is 10.4 Å². The third-order valence-corrected chi connectivity index (χ3v) is 8.45. The van der Waals surface area contributed by atoms with Gasteiger partial charge in [-0.25, -0.2) is 0 Å². The number of terminal acetylenes is 1. The molecule has 0 aliphatic rings. The molecule has 0 bridgehead atoms. The Hall–Kier alpha value is -6.38. The average molecular weight is 1010 g/mol. The monoisotopic (exact) mass is 1010 g/mol. The van der Waals surface area contributed by atoms with E-state index in [0.717, 1.165) is 35.5 Å². The van der Waals surface area contributed by atoms with E-state index in [1.54, 1.807) is 51.9 Å². The van der Waals surface area contributed by atoms with Crippen molar-refractivity contribution in [2.24, 2.45) is 17.1 Å². The fraction of sp³-hybridized carbons (Fsp3) is 0.311. The molecule has 5 rings (SSSR count). The Morgan fingerprint density at radius 1 is 0.817 bits per heavy atom. The Kier molecular flexibility index (Phi) is 41.2. The molecule has 4 aromatic carbocycles. The van der Waals surface area contributed by atoms with Crippen molar-refractivity contribution in [2.75, 3.05) is 44.3 Å². The topological polar surface area (TPSA) is 286 Å². The number of para-hydroxylation sites is 2. The van der Waals surface area contributed by atoms with Gasteiger partial charge >= 0.3 is 109 Å². The predicted octanol–water partition coefficient (Wildman–Crippen LogP) is 9.07. The molecule has 0 spiro atoms. The number of benzene rings is 4. The largest absolute Gasteiger partial charge is 0.433 e. The second-order valence-corrected chi connectivity index (χ2v) is 20.2. The van der Waals surface area contributed by atoms with Crippen molar-refractivity contribution in [3.63, 3.8) is 0 Å². The normalized spacial score (nSPS) is 9.93. The maximum absolute atomic E-state index is 11.2. The van der Waals surface area contributed by atoms with Gasteiger partial charge in [-0.1, -0.05) is 96.6 Å². The summed E-state index contributed by atoms with van der Waals surface area (Å²) in [5, 5.41) is 56.0. The van der Waals surface area contributed by atoms with E-state index in [1.165, 1.54) is 20.1 Å². The molecule has 8 N–H and O–H groups in total. The average Bonchev–Trinajstić information content (AvgIpc) is 3.70. The molecule has 5 aromatic rings. The van der Waals surface area contributed by atoms with E-state index >= 15 is 0 Å². The quantitative estimate of drug-likeness (QED) is 0.00559. The number of hydrogen-bond acceptors (Lipinski definition) is 15. The van der Waals surface area contributed by atoms with Gasteiger partial charge in [-0.15, -0.1) is 17.4 Å². The van der Waals surface area contributed by atoms with Crippen LogP contribution in [0.1, 0.15) is 31.2 Å². The van der Waals surface area contributed by atoms with Crippen molar-refractivity contribution >= 4 is 60.5 Å². The Balaban J connectivity index is -0.000000797. The van der Waals surface area contributed by atoms with Crippen LogP contribution < -0.4 is 21.1 Å². The zero-order valence-corrected chi connectivity index (χ0v) is 43.7. The smallest absolute Gasteiger partial charge is 0.431 e. The Morgan fingerprint density at radius 3 is 1.48 bits per heavy atom. The summed E-state index contributed by atoms with van der Waals surface area (Å²) in [4.78, 5) is 6.26. The van der Waals surface area contributed by atoms with E-state index < -0.39 is 35.9 Å². The first-order chi connectivity index (χ1) is 33.1. The fourth-order valence-corrected chi connectivity index (χ4v) is 5.24. The van der Waals surface area contributed by atoms with Gasteiger partial charge in [0.25, 0.3) is 0 Å². The van der Waals surface area contributed by atoms with E-state index in [1.807, 2.05) is 141 Å². The standard InChI is InChI=1S/C9H15B2N3O2.C9H13B2N3O2.2C9H13O2P.C4H7N3.C3H4.CH3N3.CH4/c1-10(15)13-9(14-11(2)16)12-8-6-4-3-5-7-8;1-11(15)14-9(7-16-10-12)13-8-5-3-2-4-6-8;2*1-12(2,10)11-8-9-6-4-3-5-7-9;1-4-3-7(2)6-5-4;1-3-2;1-3-4-2;/h3-7,15-16H,1-2H3,(H2,12,13,14);2-7,12-15H,1H3;2*3-7H,8H2,1-2H3;3H,1-2H3;1H,2H3;1H3;1H4/b;9-7-;;;;;;. The van der Waals surface area contributed by atoms with E-state index in [-0.39, 0.29) is 7.43 Å². The van der Waals surface area contributed by atoms with Gasteiger partial charge in [-0.3, -0.25) is 18.7 Å². The SMILES string of the molecule is C.C#CC.CB(O)N/C(=C\OB=N)Nc1ccccc1.CB(O)N=C(NB(C)O)Nc1ccccc1.CN=[N+]=[N-].CP(C)(=O)OCc1ccccc1.CP(C)(=O)OCc1ccccc1.Cc1cn(C)nn1. The summed E-state index contributed by atoms with van der Waals surface area (Å²) in [5.74, 6) is 3.06. The van der Waals surface area contributed by atoms with Crippen LogP contribution in [0.4, 0.5) is 11.4 Å². The number of hydrogen-bond donors (Lipinski definition) is 8. The summed E-state index contributed by atoms with van der Waals surface area (Å²) in [6, 6.07) is 38.3. The first-order valence-electron chi connectivity index (χ1n) is 21.3. The molecular weight excluding hydrogens is 942 g/mol. The van der Waals surface area contributed by atoms with Gasteiger partial charge < -0.3 is 29.6 Å². The second kappa shape index (κ2) is 42.5. The van der Waals surface area contributed by atoms with Crippen molar-refractivity contribution in [3.8, 4) is 12.3 Å². The number of anilines is 2. The molecule has 26 heteroatoms. The van der Waals surface area contributed by atoms with Crippen molar-refractivity contribution in [1.82, 2.24) is 25.4 Å². The van der Waals surface area contributed by atoms with Crippen molar-refractivity contribution in [3.05, 3.63) is 167 Å². The molecule has 1 aromatic heterocycles. The molecule has 1 heterocycles. The van der Waals surface area contributed by atoms with Crippen LogP contribution in [-0.2, 0) is 43.1 Å². The number of guanidine groups is 1. The first kappa shape index (κ1) is 68.9. The minimum absolute atomic E-state index is 0. The summed E-state index contributed by atoms with van der Waals surface area (Å²) < 4.78 is 39.1. The molecule has 0 fully saturated rings. The number of aryl methyl sites for hydroxylation is 2. The molecule has 0 atom stereocenters. The minimum Gasteiger partial charge on any atom is -0.433 e. The van der Waals surface area contributed by atoms with E-state index in [4.69, 9.17) is 29.6 Å². The van der Waals surface area contributed by atoms with E-state index in [2.05, 4.69) is 58.7 Å². The van der Waals surface area contributed by atoms with Crippen molar-refractivity contribution < 1.29 is 37.9 Å². The number of nitrogens with one attached hydrogen (secondary N) is 5. The van der Waals surface area contributed by atoms with Crippen LogP contribution >= 0.6 is 14.7 Å². The van der Waals surface area contributed by atoms with Gasteiger partial charge in [0, 0.05) is 57.6 Å². The zero-order chi connectivity index (χ0) is 53.2. The molecule has 0 aliphatic carbocycles. The zero-order valence-electron chi connectivity index (χ0n) is 41.9. The van der Waals surface area contributed by atoms with Crippen LogP contribution in [0, 0.1) is 24.6 Å². The third-order valence-electron chi connectivity index (χ3n) is 6.95. The maximum Gasteiger partial charge on any atom is 0.431 e. The Labute approximate surface area is 423 Å². The third kappa shape index (κ3) is 47.1. The summed E-state index contributed by atoms with van der Waals surface area (Å²) in [6.07, 6.45) is 7.77. The summed E-state index contributed by atoms with van der Waals surface area (Å²) >= 11 is 0. The summed E-state index contributed by atoms with van der Waals surface area (Å²) in [7, 11) is -2.91. The van der Waals surface area contributed by atoms with Gasteiger partial charge in [-0.2, -0.15) is 0 Å². The fourth-order valence-electron chi connectivity index (χ4n) is 4.32. The molecule has 0 saturated carbocycles. The van der Waals surface area contributed by atoms with Gasteiger partial charge in [0.05, 0.1) is 18.9 Å². The molecule has 71 heavy (non-hydrogen) atoms. The summed E-state index contributed by atoms with van der Waals surface area (Å²) in [5.41, 5.74) is 12.1. The van der Waals surface area contributed by atoms with E-state index in [0.29, 0.717) is 25.0 Å². The minimum atomic E-state index is -2.33. The number of rotatable bonds is 15. The molecule has 0 unspecified atom stereocenters. The van der Waals surface area contributed by atoms with Crippen LogP contribution in [0.3, 0.4) is 0 Å². The van der Waals surface area contributed by atoms with E-state index in [9.17, 15) is 19.2 Å². The van der Waals surface area contributed by atoms with Crippen LogP contribution in [-0.4, -0.2) is 98.2 Å². The summed E-state index contributed by atoms with van der Waals surface area (Å²) in [6.45, 7) is 15.6. The molecule has 0 amide bonds. The van der Waals surface area contributed by atoms with Gasteiger partial charge in [0.2, 0.25) is 0 Å². The molecule has 0 radical (unpaired) electrons. The molecular formula is C45H72B4N12O8P2. The Bertz CT molecular complexity index is 2280. The van der Waals surface area contributed by atoms with Crippen molar-refractivity contribution in [1.29, 1.82) is 5.31 Å². The van der Waals surface area contributed by atoms with Crippen molar-refractivity contribution in [2.45, 2.75) is 55.0 Å². The van der Waals surface area contributed by atoms with Gasteiger partial charge in [0.15, 0.2) is 20.7 Å². The van der Waals surface area contributed by atoms with Crippen LogP contribution in [0.2, 0.25) is 20.5 Å². The molecule has 20 nitrogen and oxygen atoms in total. The van der Waals surface area contributed by atoms with Crippen LogP contribution in [0.15, 0.2) is 150 Å². The number of azide groups is 1. The van der Waals surface area contributed by atoms with Crippen LogP contribution in [0.5, 0.6) is 0 Å². The number of nitrogens with zero attached hydrogens (tertiary/aromatic N) is 7. The Morgan fingerprint density at radius 2 is 1.20 bits per heavy atom. The maximum atomic E-state index is 11.2.